The fraction of sp³-hybridized carbons (Fsp3) is 0.333. The summed E-state index contributed by atoms with van der Waals surface area (Å²) in [5, 5.41) is 0.668. The van der Waals surface area contributed by atoms with Gasteiger partial charge in [0.25, 0.3) is 0 Å². The van der Waals surface area contributed by atoms with Gasteiger partial charge in [-0.1, -0.05) is 31.0 Å². The van der Waals surface area contributed by atoms with Crippen LogP contribution < -0.4 is 5.63 Å². The molecule has 0 unspecified atom stereocenters. The third-order valence-corrected chi connectivity index (χ3v) is 8.65. The minimum atomic E-state index is -3.92. The molecule has 1 heterocycles. The van der Waals surface area contributed by atoms with Gasteiger partial charge < -0.3 is 9.15 Å². The molecule has 7 heteroatoms. The molecule has 1 fully saturated rings. The molecule has 31 heavy (non-hydrogen) atoms. The number of hydrogen-bond donors (Lipinski definition) is 0. The number of rotatable bonds is 5. The molecule has 162 valence electrons. The van der Waals surface area contributed by atoms with Crippen LogP contribution >= 0.6 is 0 Å². The van der Waals surface area contributed by atoms with Crippen LogP contribution in [0.2, 0.25) is 0 Å². The Morgan fingerprint density at radius 1 is 1.03 bits per heavy atom. The van der Waals surface area contributed by atoms with Crippen molar-refractivity contribution in [3.63, 3.8) is 0 Å². The Labute approximate surface area is 180 Å². The maximum atomic E-state index is 13.4. The average molecular weight is 441 g/mol. The average Bonchev–Trinajstić information content (AvgIpc) is 3.26. The Kier molecular flexibility index (Phi) is 5.47. The summed E-state index contributed by atoms with van der Waals surface area (Å²) < 4.78 is 36.0. The number of carbonyl (C=O) groups excluding carboxylic acids is 1. The molecule has 4 rings (SSSR count). The van der Waals surface area contributed by atoms with Crippen molar-refractivity contribution in [3.8, 4) is 0 Å². The first kappa shape index (κ1) is 21.3. The van der Waals surface area contributed by atoms with Crippen LogP contribution in [0.1, 0.15) is 42.4 Å². The number of benzene rings is 2. The van der Waals surface area contributed by atoms with Crippen LogP contribution in [0.3, 0.4) is 0 Å². The maximum absolute atomic E-state index is 13.4. The molecule has 1 saturated carbocycles. The van der Waals surface area contributed by atoms with Gasteiger partial charge >= 0.3 is 11.6 Å². The summed E-state index contributed by atoms with van der Waals surface area (Å²) in [5.74, 6) is -0.765. The molecule has 0 bridgehead atoms. The highest BCUT2D eigenvalue weighted by Gasteiger charge is 2.54. The van der Waals surface area contributed by atoms with Gasteiger partial charge in [-0.05, 0) is 62.1 Å². The second-order valence-corrected chi connectivity index (χ2v) is 10.4. The normalized spacial score (nSPS) is 15.8. The first-order chi connectivity index (χ1) is 14.7. The molecule has 2 aromatic carbocycles. The molecule has 0 atom stereocenters. The fourth-order valence-electron chi connectivity index (χ4n) is 4.23. The Balaban J connectivity index is 1.68. The highest BCUT2D eigenvalue weighted by atomic mass is 32.2. The standard InChI is InChI=1S/C24H24O6S/c1-16-12-20-18(14-22(25)30-21(20)13-17(16)2)15-29-23(26)24(10-6-7-11-24)31(27,28)19-8-4-3-5-9-19/h3-5,8-9,12-14H,6-7,10-11,15H2,1-2H3. The molecule has 0 aliphatic heterocycles. The second-order valence-electron chi connectivity index (χ2n) is 8.12. The number of sulfone groups is 1. The summed E-state index contributed by atoms with van der Waals surface area (Å²) in [6, 6.07) is 13.0. The summed E-state index contributed by atoms with van der Waals surface area (Å²) in [6.07, 6.45) is 1.72. The van der Waals surface area contributed by atoms with Crippen molar-refractivity contribution < 1.29 is 22.4 Å². The number of hydrogen-bond acceptors (Lipinski definition) is 6. The van der Waals surface area contributed by atoms with E-state index in [2.05, 4.69) is 0 Å². The first-order valence-electron chi connectivity index (χ1n) is 10.3. The summed E-state index contributed by atoms with van der Waals surface area (Å²) in [7, 11) is -3.92. The first-order valence-corrected chi connectivity index (χ1v) is 11.7. The van der Waals surface area contributed by atoms with E-state index in [4.69, 9.17) is 9.15 Å². The molecule has 1 aliphatic carbocycles. The highest BCUT2D eigenvalue weighted by molar-refractivity contribution is 7.93. The second kappa shape index (κ2) is 7.96. The van der Waals surface area contributed by atoms with E-state index >= 15 is 0 Å². The topological polar surface area (TPSA) is 90.7 Å². The van der Waals surface area contributed by atoms with Crippen molar-refractivity contribution in [1.29, 1.82) is 0 Å². The minimum absolute atomic E-state index is 0.116. The van der Waals surface area contributed by atoms with Crippen molar-refractivity contribution in [2.45, 2.75) is 55.8 Å². The molecule has 0 amide bonds. The zero-order valence-electron chi connectivity index (χ0n) is 17.5. The van der Waals surface area contributed by atoms with Gasteiger partial charge in [0, 0.05) is 17.0 Å². The van der Waals surface area contributed by atoms with Crippen molar-refractivity contribution in [2.24, 2.45) is 0 Å². The van der Waals surface area contributed by atoms with E-state index in [0.717, 1.165) is 11.1 Å². The fourth-order valence-corrected chi connectivity index (χ4v) is 6.30. The van der Waals surface area contributed by atoms with E-state index in [1.54, 1.807) is 24.3 Å². The summed E-state index contributed by atoms with van der Waals surface area (Å²) in [6.45, 7) is 3.66. The van der Waals surface area contributed by atoms with Crippen molar-refractivity contribution in [2.75, 3.05) is 0 Å². The van der Waals surface area contributed by atoms with Gasteiger partial charge in [-0.25, -0.2) is 13.2 Å². The Morgan fingerprint density at radius 2 is 1.68 bits per heavy atom. The van der Waals surface area contributed by atoms with Crippen LogP contribution in [0.5, 0.6) is 0 Å². The van der Waals surface area contributed by atoms with E-state index < -0.39 is 26.2 Å². The van der Waals surface area contributed by atoms with Crippen LogP contribution in [0.25, 0.3) is 11.0 Å². The Hall–Kier alpha value is -2.93. The molecule has 1 aliphatic rings. The Morgan fingerprint density at radius 3 is 2.35 bits per heavy atom. The third-order valence-electron chi connectivity index (χ3n) is 6.15. The maximum Gasteiger partial charge on any atom is 0.336 e. The lowest BCUT2D eigenvalue weighted by atomic mass is 10.0. The van der Waals surface area contributed by atoms with Crippen LogP contribution in [-0.2, 0) is 26.0 Å². The predicted octanol–water partition coefficient (Wildman–Crippen LogP) is 4.24. The molecule has 0 N–H and O–H groups in total. The quantitative estimate of drug-likeness (QED) is 0.435. The SMILES string of the molecule is Cc1cc2oc(=O)cc(COC(=O)C3(S(=O)(=O)c4ccccc4)CCCC3)c2cc1C. The molecule has 1 aromatic heterocycles. The van der Waals surface area contributed by atoms with Gasteiger partial charge in [-0.3, -0.25) is 4.79 Å². The summed E-state index contributed by atoms with van der Waals surface area (Å²) in [5.41, 5.74) is 2.34. The molecule has 0 spiro atoms. The number of carbonyl (C=O) groups is 1. The lowest BCUT2D eigenvalue weighted by Gasteiger charge is -2.26. The monoisotopic (exact) mass is 440 g/mol. The van der Waals surface area contributed by atoms with E-state index in [-0.39, 0.29) is 24.3 Å². The van der Waals surface area contributed by atoms with Gasteiger partial charge in [0.1, 0.15) is 12.2 Å². The number of aryl methyl sites for hydroxylation is 2. The van der Waals surface area contributed by atoms with E-state index in [9.17, 15) is 18.0 Å². The predicted molar refractivity (Wildman–Crippen MR) is 117 cm³/mol. The van der Waals surface area contributed by atoms with Crippen LogP contribution in [0.15, 0.2) is 62.6 Å². The summed E-state index contributed by atoms with van der Waals surface area (Å²) >= 11 is 0. The lowest BCUT2D eigenvalue weighted by molar-refractivity contribution is -0.148. The molecule has 3 aromatic rings. The zero-order valence-corrected chi connectivity index (χ0v) is 18.3. The van der Waals surface area contributed by atoms with Gasteiger partial charge in [-0.15, -0.1) is 0 Å². The highest BCUT2D eigenvalue weighted by Crippen LogP contribution is 2.41. The van der Waals surface area contributed by atoms with Gasteiger partial charge in [-0.2, -0.15) is 0 Å². The Bertz CT molecular complexity index is 1300. The van der Waals surface area contributed by atoms with Crippen LogP contribution in [0.4, 0.5) is 0 Å². The zero-order chi connectivity index (χ0) is 22.2. The van der Waals surface area contributed by atoms with Gasteiger partial charge in [0.05, 0.1) is 4.90 Å². The molecular weight excluding hydrogens is 416 g/mol. The van der Waals surface area contributed by atoms with E-state index in [1.165, 1.54) is 18.2 Å². The third kappa shape index (κ3) is 3.67. The molecule has 6 nitrogen and oxygen atoms in total. The summed E-state index contributed by atoms with van der Waals surface area (Å²) in [4.78, 5) is 25.3. The molecule has 0 saturated heterocycles. The van der Waals surface area contributed by atoms with Crippen molar-refractivity contribution in [3.05, 3.63) is 75.6 Å². The molecular formula is C24H24O6S. The minimum Gasteiger partial charge on any atom is -0.460 e. The van der Waals surface area contributed by atoms with Crippen LogP contribution in [0, 0.1) is 13.8 Å². The van der Waals surface area contributed by atoms with Crippen LogP contribution in [-0.4, -0.2) is 19.1 Å². The molecule has 0 radical (unpaired) electrons. The van der Waals surface area contributed by atoms with Gasteiger partial charge in [0.15, 0.2) is 14.6 Å². The van der Waals surface area contributed by atoms with Crippen molar-refractivity contribution in [1.82, 2.24) is 0 Å². The number of ether oxygens (including phenoxy) is 1. The largest absolute Gasteiger partial charge is 0.460 e. The van der Waals surface area contributed by atoms with Crippen molar-refractivity contribution >= 4 is 26.8 Å². The number of fused-ring (bicyclic) bond motifs is 1. The van der Waals surface area contributed by atoms with Gasteiger partial charge in [0.2, 0.25) is 0 Å². The van der Waals surface area contributed by atoms with E-state index in [1.807, 2.05) is 19.9 Å². The number of esters is 1. The lowest BCUT2D eigenvalue weighted by Crippen LogP contribution is -2.45. The van der Waals surface area contributed by atoms with E-state index in [0.29, 0.717) is 29.4 Å². The smallest absolute Gasteiger partial charge is 0.336 e.